The molecule has 5 nitrogen and oxygen atoms in total. The van der Waals surface area contributed by atoms with Crippen LogP contribution in [0.15, 0.2) is 54.6 Å². The molecule has 2 N–H and O–H groups in total. The maximum atomic E-state index is 11.8. The summed E-state index contributed by atoms with van der Waals surface area (Å²) in [5, 5.41) is 11.4. The molecule has 0 unspecified atom stereocenters. The first-order chi connectivity index (χ1) is 11.0. The number of hydrogen-bond acceptors (Lipinski definition) is 3. The Morgan fingerprint density at radius 1 is 1.00 bits per heavy atom. The van der Waals surface area contributed by atoms with E-state index >= 15 is 0 Å². The number of carboxylic acid groups (broad SMARTS) is 1. The second-order valence-corrected chi connectivity index (χ2v) is 5.39. The molecule has 0 aliphatic rings. The van der Waals surface area contributed by atoms with Crippen molar-refractivity contribution in [3.8, 4) is 11.5 Å². The maximum Gasteiger partial charge on any atom is 0.303 e. The normalized spacial score (nSPS) is 11.5. The molecule has 120 valence electrons. The Kier molecular flexibility index (Phi) is 5.74. The third kappa shape index (κ3) is 5.82. The van der Waals surface area contributed by atoms with Gasteiger partial charge in [0.1, 0.15) is 11.5 Å². The van der Waals surface area contributed by atoms with Gasteiger partial charge in [0.15, 0.2) is 0 Å². The number of para-hydroxylation sites is 1. The molecule has 0 radical (unpaired) electrons. The van der Waals surface area contributed by atoms with Crippen LogP contribution in [-0.2, 0) is 9.59 Å². The molecule has 0 aromatic heterocycles. The lowest BCUT2D eigenvalue weighted by Gasteiger charge is -2.10. The monoisotopic (exact) mass is 313 g/mol. The van der Waals surface area contributed by atoms with E-state index in [9.17, 15) is 9.59 Å². The van der Waals surface area contributed by atoms with Gasteiger partial charge in [-0.25, -0.2) is 0 Å². The van der Waals surface area contributed by atoms with Crippen molar-refractivity contribution in [2.24, 2.45) is 5.92 Å². The summed E-state index contributed by atoms with van der Waals surface area (Å²) in [7, 11) is 0. The maximum absolute atomic E-state index is 11.8. The lowest BCUT2D eigenvalue weighted by Crippen LogP contribution is -2.16. The molecular weight excluding hydrogens is 294 g/mol. The van der Waals surface area contributed by atoms with E-state index in [1.54, 1.807) is 31.2 Å². The predicted molar refractivity (Wildman–Crippen MR) is 87.6 cm³/mol. The molecule has 2 rings (SSSR count). The largest absolute Gasteiger partial charge is 0.481 e. The van der Waals surface area contributed by atoms with Crippen molar-refractivity contribution in [2.75, 3.05) is 5.32 Å². The summed E-state index contributed by atoms with van der Waals surface area (Å²) in [6.07, 6.45) is 0.159. The van der Waals surface area contributed by atoms with Crippen LogP contribution < -0.4 is 10.1 Å². The molecule has 0 heterocycles. The van der Waals surface area contributed by atoms with Crippen LogP contribution >= 0.6 is 0 Å². The average Bonchev–Trinajstić information content (AvgIpc) is 2.49. The molecule has 0 fully saturated rings. The van der Waals surface area contributed by atoms with Crippen molar-refractivity contribution in [3.05, 3.63) is 54.6 Å². The molecule has 0 bridgehead atoms. The number of carboxylic acids is 1. The number of nitrogens with one attached hydrogen (secondary N) is 1. The second-order valence-electron chi connectivity index (χ2n) is 5.39. The highest BCUT2D eigenvalue weighted by molar-refractivity contribution is 5.91. The summed E-state index contributed by atoms with van der Waals surface area (Å²) in [4.78, 5) is 22.4. The van der Waals surface area contributed by atoms with E-state index in [2.05, 4.69) is 5.32 Å². The Bertz CT molecular complexity index is 652. The smallest absolute Gasteiger partial charge is 0.303 e. The Morgan fingerprint density at radius 3 is 2.22 bits per heavy atom. The van der Waals surface area contributed by atoms with Crippen LogP contribution in [0, 0.1) is 5.92 Å². The zero-order valence-corrected chi connectivity index (χ0v) is 12.9. The predicted octanol–water partition coefficient (Wildman–Crippen LogP) is 3.92. The number of aliphatic carboxylic acids is 1. The molecule has 1 atom stereocenters. The number of carbonyl (C=O) groups is 2. The minimum Gasteiger partial charge on any atom is -0.481 e. The zero-order chi connectivity index (χ0) is 16.7. The topological polar surface area (TPSA) is 75.6 Å². The number of ether oxygens (including phenoxy) is 1. The van der Waals surface area contributed by atoms with E-state index in [4.69, 9.17) is 9.84 Å². The van der Waals surface area contributed by atoms with Gasteiger partial charge in [-0.3, -0.25) is 9.59 Å². The van der Waals surface area contributed by atoms with Gasteiger partial charge in [0, 0.05) is 18.5 Å². The van der Waals surface area contributed by atoms with Crippen molar-refractivity contribution in [2.45, 2.75) is 19.8 Å². The Hall–Kier alpha value is -2.82. The summed E-state index contributed by atoms with van der Waals surface area (Å²) >= 11 is 0. The first-order valence-electron chi connectivity index (χ1n) is 7.37. The SMILES string of the molecule is C[C@@H](CC(=O)O)CC(=O)Nc1ccc(Oc2ccccc2)cc1. The molecule has 0 aliphatic carbocycles. The minimum atomic E-state index is -0.896. The van der Waals surface area contributed by atoms with E-state index in [0.29, 0.717) is 11.4 Å². The molecule has 2 aromatic carbocycles. The second kappa shape index (κ2) is 7.98. The highest BCUT2D eigenvalue weighted by Gasteiger charge is 2.12. The third-order valence-electron chi connectivity index (χ3n) is 3.17. The number of rotatable bonds is 7. The fourth-order valence-corrected chi connectivity index (χ4v) is 2.13. The molecule has 0 aliphatic heterocycles. The third-order valence-corrected chi connectivity index (χ3v) is 3.17. The van der Waals surface area contributed by atoms with Gasteiger partial charge < -0.3 is 15.2 Å². The van der Waals surface area contributed by atoms with Gasteiger partial charge in [0.05, 0.1) is 0 Å². The summed E-state index contributed by atoms with van der Waals surface area (Å²) in [6.45, 7) is 1.74. The first-order valence-corrected chi connectivity index (χ1v) is 7.37. The van der Waals surface area contributed by atoms with E-state index in [1.807, 2.05) is 30.3 Å². The van der Waals surface area contributed by atoms with Gasteiger partial charge in [-0.1, -0.05) is 25.1 Å². The van der Waals surface area contributed by atoms with Gasteiger partial charge in [-0.05, 0) is 42.3 Å². The van der Waals surface area contributed by atoms with E-state index in [1.165, 1.54) is 0 Å². The zero-order valence-electron chi connectivity index (χ0n) is 12.9. The lowest BCUT2D eigenvalue weighted by atomic mass is 10.0. The number of hydrogen-bond donors (Lipinski definition) is 2. The minimum absolute atomic E-state index is 0.0166. The molecule has 0 saturated heterocycles. The van der Waals surface area contributed by atoms with Gasteiger partial charge in [-0.15, -0.1) is 0 Å². The van der Waals surface area contributed by atoms with Gasteiger partial charge in [0.2, 0.25) is 5.91 Å². The van der Waals surface area contributed by atoms with Gasteiger partial charge in [0.25, 0.3) is 0 Å². The summed E-state index contributed by atoms with van der Waals surface area (Å²) in [5.74, 6) is 0.122. The van der Waals surface area contributed by atoms with Crippen molar-refractivity contribution in [3.63, 3.8) is 0 Å². The Morgan fingerprint density at radius 2 is 1.61 bits per heavy atom. The van der Waals surface area contributed by atoms with E-state index < -0.39 is 5.97 Å². The highest BCUT2D eigenvalue weighted by Crippen LogP contribution is 2.22. The van der Waals surface area contributed by atoms with Crippen molar-refractivity contribution in [1.82, 2.24) is 0 Å². The van der Waals surface area contributed by atoms with Gasteiger partial charge in [-0.2, -0.15) is 0 Å². The molecular formula is C18H19NO4. The van der Waals surface area contributed by atoms with Crippen LogP contribution in [-0.4, -0.2) is 17.0 Å². The van der Waals surface area contributed by atoms with Crippen LogP contribution in [0.25, 0.3) is 0 Å². The molecule has 0 spiro atoms. The number of carbonyl (C=O) groups excluding carboxylic acids is 1. The molecule has 23 heavy (non-hydrogen) atoms. The van der Waals surface area contributed by atoms with Crippen LogP contribution in [0.3, 0.4) is 0 Å². The van der Waals surface area contributed by atoms with Crippen molar-refractivity contribution < 1.29 is 19.4 Å². The van der Waals surface area contributed by atoms with E-state index in [0.717, 1.165) is 5.75 Å². The molecule has 2 aromatic rings. The summed E-state index contributed by atoms with van der Waals surface area (Å²) < 4.78 is 5.67. The fraction of sp³-hybridized carbons (Fsp3) is 0.222. The van der Waals surface area contributed by atoms with Crippen LogP contribution in [0.5, 0.6) is 11.5 Å². The van der Waals surface area contributed by atoms with Gasteiger partial charge >= 0.3 is 5.97 Å². The van der Waals surface area contributed by atoms with Crippen LogP contribution in [0.1, 0.15) is 19.8 Å². The standard InChI is InChI=1S/C18H19NO4/c1-13(12-18(21)22)11-17(20)19-14-7-9-16(10-8-14)23-15-5-3-2-4-6-15/h2-10,13H,11-12H2,1H3,(H,19,20)(H,21,22)/t13-/m1/s1. The first kappa shape index (κ1) is 16.5. The van der Waals surface area contributed by atoms with Crippen molar-refractivity contribution >= 4 is 17.6 Å². The number of anilines is 1. The number of benzene rings is 2. The molecule has 0 saturated carbocycles. The number of amides is 1. The van der Waals surface area contributed by atoms with Crippen LogP contribution in [0.4, 0.5) is 5.69 Å². The highest BCUT2D eigenvalue weighted by atomic mass is 16.5. The Labute approximate surface area is 134 Å². The quantitative estimate of drug-likeness (QED) is 0.812. The summed E-state index contributed by atoms with van der Waals surface area (Å²) in [6, 6.07) is 16.4. The van der Waals surface area contributed by atoms with Crippen LogP contribution in [0.2, 0.25) is 0 Å². The van der Waals surface area contributed by atoms with Crippen molar-refractivity contribution in [1.29, 1.82) is 0 Å². The van der Waals surface area contributed by atoms with E-state index in [-0.39, 0.29) is 24.7 Å². The average molecular weight is 313 g/mol. The Balaban J connectivity index is 1.87. The molecule has 5 heteroatoms. The molecule has 1 amide bonds. The lowest BCUT2D eigenvalue weighted by molar-refractivity contribution is -0.138. The summed E-state index contributed by atoms with van der Waals surface area (Å²) in [5.41, 5.74) is 0.651. The fourth-order valence-electron chi connectivity index (χ4n) is 2.13.